The molecule has 0 fully saturated rings. The van der Waals surface area contributed by atoms with Gasteiger partial charge in [-0.25, -0.2) is 0 Å². The highest BCUT2D eigenvalue weighted by Gasteiger charge is 2.26. The summed E-state index contributed by atoms with van der Waals surface area (Å²) in [7, 11) is 0. The zero-order valence-electron chi connectivity index (χ0n) is 13.5. The number of nitrogens with two attached hydrogens (primary N) is 1. The number of benzene rings is 1. The van der Waals surface area contributed by atoms with Crippen LogP contribution in [-0.2, 0) is 4.79 Å². The Morgan fingerprint density at radius 3 is 2.67 bits per heavy atom. The van der Waals surface area contributed by atoms with Crippen LogP contribution in [0, 0.1) is 12.8 Å². The summed E-state index contributed by atoms with van der Waals surface area (Å²) >= 11 is 0. The van der Waals surface area contributed by atoms with E-state index in [-0.39, 0.29) is 11.8 Å². The largest absolute Gasteiger partial charge is 0.369 e. The van der Waals surface area contributed by atoms with Gasteiger partial charge in [0, 0.05) is 25.0 Å². The summed E-state index contributed by atoms with van der Waals surface area (Å²) in [5.41, 5.74) is 11.0. The van der Waals surface area contributed by atoms with Crippen molar-refractivity contribution in [2.24, 2.45) is 11.7 Å². The molecule has 0 aliphatic carbocycles. The molecule has 0 radical (unpaired) electrons. The molecular weight excluding hydrogens is 260 g/mol. The van der Waals surface area contributed by atoms with Crippen LogP contribution in [-0.4, -0.2) is 29.9 Å². The van der Waals surface area contributed by atoms with Crippen molar-refractivity contribution in [1.29, 1.82) is 0 Å². The quantitative estimate of drug-likeness (QED) is 0.925. The van der Waals surface area contributed by atoms with Gasteiger partial charge < -0.3 is 5.73 Å². The minimum Gasteiger partial charge on any atom is -0.369 e. The van der Waals surface area contributed by atoms with E-state index >= 15 is 0 Å². The maximum Gasteiger partial charge on any atom is 0.221 e. The number of hydrogen-bond acceptors (Lipinski definition) is 2. The number of nitrogens with zero attached hydrogens (tertiary/aromatic N) is 1. The first-order valence-electron chi connectivity index (χ1n) is 7.68. The molecule has 0 unspecified atom stereocenters. The second-order valence-corrected chi connectivity index (χ2v) is 6.36. The lowest BCUT2D eigenvalue weighted by Crippen LogP contribution is -2.43. The van der Waals surface area contributed by atoms with Gasteiger partial charge in [0.25, 0.3) is 0 Å². The maximum absolute atomic E-state index is 11.3. The molecule has 0 aromatic heterocycles. The second kappa shape index (κ2) is 6.44. The lowest BCUT2D eigenvalue weighted by Gasteiger charge is -2.37. The molecule has 21 heavy (non-hydrogen) atoms. The van der Waals surface area contributed by atoms with Gasteiger partial charge in [0.1, 0.15) is 0 Å². The summed E-state index contributed by atoms with van der Waals surface area (Å²) in [5, 5.41) is 0. The highest BCUT2D eigenvalue weighted by Crippen LogP contribution is 2.32. The maximum atomic E-state index is 11.3. The summed E-state index contributed by atoms with van der Waals surface area (Å²) in [6, 6.07) is 9.01. The second-order valence-electron chi connectivity index (χ2n) is 6.36. The summed E-state index contributed by atoms with van der Waals surface area (Å²) in [5.74, 6) is -0.311. The average Bonchev–Trinajstić information content (AvgIpc) is 2.43. The molecule has 1 aliphatic rings. The van der Waals surface area contributed by atoms with E-state index in [1.807, 2.05) is 6.92 Å². The van der Waals surface area contributed by atoms with Crippen LogP contribution in [0.4, 0.5) is 0 Å². The lowest BCUT2D eigenvalue weighted by atomic mass is 9.88. The lowest BCUT2D eigenvalue weighted by molar-refractivity contribution is -0.122. The van der Waals surface area contributed by atoms with Crippen molar-refractivity contribution in [2.45, 2.75) is 40.2 Å². The number of rotatable bonds is 4. The third-order valence-corrected chi connectivity index (χ3v) is 4.54. The Bertz CT molecular complexity index is 562. The number of hydrogen-bond donors (Lipinski definition) is 1. The molecule has 0 bridgehead atoms. The van der Waals surface area contributed by atoms with Crippen molar-refractivity contribution in [3.05, 3.63) is 41.0 Å². The van der Waals surface area contributed by atoms with Crippen LogP contribution >= 0.6 is 0 Å². The molecule has 2 atom stereocenters. The van der Waals surface area contributed by atoms with Crippen LogP contribution in [0.25, 0.3) is 5.57 Å². The van der Waals surface area contributed by atoms with E-state index in [2.05, 4.69) is 49.9 Å². The Morgan fingerprint density at radius 1 is 1.38 bits per heavy atom. The van der Waals surface area contributed by atoms with Gasteiger partial charge in [-0.05, 0) is 43.9 Å². The van der Waals surface area contributed by atoms with Crippen LogP contribution < -0.4 is 5.73 Å². The summed E-state index contributed by atoms with van der Waals surface area (Å²) < 4.78 is 0. The molecule has 3 heteroatoms. The first-order valence-corrected chi connectivity index (χ1v) is 7.68. The number of carbonyl (C=O) groups excluding carboxylic acids is 1. The van der Waals surface area contributed by atoms with E-state index in [1.165, 1.54) is 22.3 Å². The molecule has 114 valence electrons. The van der Waals surface area contributed by atoms with Crippen molar-refractivity contribution < 1.29 is 4.79 Å². The van der Waals surface area contributed by atoms with Crippen LogP contribution in [0.15, 0.2) is 29.8 Å². The SMILES string of the molecule is CC1=C(c2ccccc2C)C[C@@H](C)N(C[C@@H](C)C(N)=O)C1. The zero-order chi connectivity index (χ0) is 15.6. The number of amides is 1. The molecule has 2 rings (SSSR count). The zero-order valence-corrected chi connectivity index (χ0v) is 13.5. The monoisotopic (exact) mass is 286 g/mol. The van der Waals surface area contributed by atoms with Crippen molar-refractivity contribution in [1.82, 2.24) is 4.90 Å². The van der Waals surface area contributed by atoms with E-state index in [0.29, 0.717) is 6.04 Å². The van der Waals surface area contributed by atoms with Gasteiger partial charge in [0.2, 0.25) is 5.91 Å². The first kappa shape index (κ1) is 15.8. The van der Waals surface area contributed by atoms with Crippen LogP contribution in [0.1, 0.15) is 38.3 Å². The average molecular weight is 286 g/mol. The molecule has 0 saturated heterocycles. The number of carbonyl (C=O) groups is 1. The molecule has 3 nitrogen and oxygen atoms in total. The van der Waals surface area contributed by atoms with Crippen LogP contribution in [0.3, 0.4) is 0 Å². The van der Waals surface area contributed by atoms with Gasteiger partial charge in [-0.15, -0.1) is 0 Å². The Labute approximate surface area is 127 Å². The Kier molecular flexibility index (Phi) is 4.84. The van der Waals surface area contributed by atoms with Crippen molar-refractivity contribution in [3.63, 3.8) is 0 Å². The third-order valence-electron chi connectivity index (χ3n) is 4.54. The van der Waals surface area contributed by atoms with E-state index < -0.39 is 0 Å². The first-order chi connectivity index (χ1) is 9.90. The number of aryl methyl sites for hydroxylation is 1. The third kappa shape index (κ3) is 3.53. The Hall–Kier alpha value is -1.61. The molecule has 0 saturated carbocycles. The Morgan fingerprint density at radius 2 is 2.05 bits per heavy atom. The van der Waals surface area contributed by atoms with Crippen molar-refractivity contribution in [2.75, 3.05) is 13.1 Å². The molecular formula is C18H26N2O. The smallest absolute Gasteiger partial charge is 0.221 e. The van der Waals surface area contributed by atoms with Gasteiger partial charge in [-0.2, -0.15) is 0 Å². The predicted molar refractivity (Wildman–Crippen MR) is 87.8 cm³/mol. The fourth-order valence-corrected chi connectivity index (χ4v) is 3.09. The number of primary amides is 1. The fourth-order valence-electron chi connectivity index (χ4n) is 3.09. The normalized spacial score (nSPS) is 21.4. The van der Waals surface area contributed by atoms with Crippen LogP contribution in [0.2, 0.25) is 0 Å². The molecule has 0 spiro atoms. The summed E-state index contributed by atoms with van der Waals surface area (Å²) in [6.07, 6.45) is 1.03. The molecule has 1 aromatic carbocycles. The van der Waals surface area contributed by atoms with E-state index in [1.54, 1.807) is 0 Å². The topological polar surface area (TPSA) is 46.3 Å². The van der Waals surface area contributed by atoms with E-state index in [4.69, 9.17) is 5.73 Å². The summed E-state index contributed by atoms with van der Waals surface area (Å²) in [4.78, 5) is 13.6. The molecule has 1 aromatic rings. The molecule has 1 heterocycles. The van der Waals surface area contributed by atoms with Crippen molar-refractivity contribution >= 4 is 11.5 Å². The van der Waals surface area contributed by atoms with Gasteiger partial charge in [0.05, 0.1) is 0 Å². The van der Waals surface area contributed by atoms with E-state index in [9.17, 15) is 4.79 Å². The molecule has 2 N–H and O–H groups in total. The van der Waals surface area contributed by atoms with Gasteiger partial charge in [0.15, 0.2) is 0 Å². The fraction of sp³-hybridized carbons (Fsp3) is 0.500. The van der Waals surface area contributed by atoms with E-state index in [0.717, 1.165) is 19.5 Å². The molecule has 1 aliphatic heterocycles. The Balaban J connectivity index is 2.21. The standard InChI is InChI=1S/C18H26N2O/c1-12-7-5-6-8-16(12)17-9-15(4)20(10-13(17)2)11-14(3)18(19)21/h5-8,14-15H,9-11H2,1-4H3,(H2,19,21)/t14-,15-/m1/s1. The highest BCUT2D eigenvalue weighted by atomic mass is 16.1. The van der Waals surface area contributed by atoms with Gasteiger partial charge in [-0.3, -0.25) is 9.69 Å². The molecule has 1 amide bonds. The highest BCUT2D eigenvalue weighted by molar-refractivity contribution is 5.76. The van der Waals surface area contributed by atoms with Crippen LogP contribution in [0.5, 0.6) is 0 Å². The van der Waals surface area contributed by atoms with Gasteiger partial charge in [-0.1, -0.05) is 36.8 Å². The minimum absolute atomic E-state index is 0.0970. The van der Waals surface area contributed by atoms with Crippen molar-refractivity contribution in [3.8, 4) is 0 Å². The van der Waals surface area contributed by atoms with Gasteiger partial charge >= 0.3 is 0 Å². The summed E-state index contributed by atoms with van der Waals surface area (Å²) in [6.45, 7) is 10.2. The minimum atomic E-state index is -0.214. The predicted octanol–water partition coefficient (Wildman–Crippen LogP) is 2.98.